The summed E-state index contributed by atoms with van der Waals surface area (Å²) in [5.41, 5.74) is 2.07. The molecule has 0 spiro atoms. The maximum absolute atomic E-state index is 11.6. The van der Waals surface area contributed by atoms with Crippen molar-refractivity contribution in [3.63, 3.8) is 0 Å². The summed E-state index contributed by atoms with van der Waals surface area (Å²) in [4.78, 5) is 2.43. The Morgan fingerprint density at radius 1 is 1.11 bits per heavy atom. The third-order valence-corrected chi connectivity index (χ3v) is 5.99. The molecule has 140 valence electrons. The topological polar surface area (TPSA) is 72.6 Å². The standard InChI is InChI=1S/C21H22N2O3S/c1-15-13-17-14-18(27(22,24)25)9-10-20(17)23(15)11-12-26-21-8-4-6-16-5-2-3-7-19(16)21/h2-10,14-15H,11-13H2,1H3,(H2,22,24,25)/t15-/m1/s1. The maximum Gasteiger partial charge on any atom is 0.238 e. The van der Waals surface area contributed by atoms with Crippen LogP contribution in [0.1, 0.15) is 12.5 Å². The molecule has 3 aromatic carbocycles. The van der Waals surface area contributed by atoms with Crippen molar-refractivity contribution in [1.29, 1.82) is 0 Å². The smallest absolute Gasteiger partial charge is 0.238 e. The second-order valence-corrected chi connectivity index (χ2v) is 8.47. The summed E-state index contributed by atoms with van der Waals surface area (Å²) in [5, 5.41) is 7.51. The lowest BCUT2D eigenvalue weighted by Gasteiger charge is -2.25. The van der Waals surface area contributed by atoms with Gasteiger partial charge in [-0.1, -0.05) is 36.4 Å². The highest BCUT2D eigenvalue weighted by Gasteiger charge is 2.27. The van der Waals surface area contributed by atoms with E-state index in [1.54, 1.807) is 12.1 Å². The first kappa shape index (κ1) is 17.8. The number of fused-ring (bicyclic) bond motifs is 2. The Kier molecular flexibility index (Phi) is 4.53. The highest BCUT2D eigenvalue weighted by Crippen LogP contribution is 2.33. The Morgan fingerprint density at radius 2 is 1.89 bits per heavy atom. The van der Waals surface area contributed by atoms with Gasteiger partial charge >= 0.3 is 0 Å². The average Bonchev–Trinajstić information content (AvgIpc) is 2.96. The fourth-order valence-corrected chi connectivity index (χ4v) is 4.33. The van der Waals surface area contributed by atoms with E-state index in [9.17, 15) is 8.42 Å². The number of nitrogens with zero attached hydrogens (tertiary/aromatic N) is 1. The molecule has 0 saturated heterocycles. The lowest BCUT2D eigenvalue weighted by molar-refractivity contribution is 0.325. The molecule has 1 aliphatic rings. The van der Waals surface area contributed by atoms with E-state index in [-0.39, 0.29) is 10.9 Å². The van der Waals surface area contributed by atoms with Crippen LogP contribution in [0.3, 0.4) is 0 Å². The van der Waals surface area contributed by atoms with Crippen LogP contribution in [0.4, 0.5) is 5.69 Å². The number of hydrogen-bond donors (Lipinski definition) is 1. The van der Waals surface area contributed by atoms with Gasteiger partial charge in [-0.2, -0.15) is 0 Å². The second-order valence-electron chi connectivity index (χ2n) is 6.91. The highest BCUT2D eigenvalue weighted by atomic mass is 32.2. The Bertz CT molecular complexity index is 1090. The van der Waals surface area contributed by atoms with E-state index < -0.39 is 10.0 Å². The number of benzene rings is 3. The predicted octanol–water partition coefficient (Wildman–Crippen LogP) is 3.32. The number of anilines is 1. The first-order valence-corrected chi connectivity index (χ1v) is 10.5. The molecule has 1 heterocycles. The van der Waals surface area contributed by atoms with Crippen LogP contribution in [0.5, 0.6) is 5.75 Å². The highest BCUT2D eigenvalue weighted by molar-refractivity contribution is 7.89. The third-order valence-electron chi connectivity index (χ3n) is 5.08. The van der Waals surface area contributed by atoms with E-state index in [4.69, 9.17) is 9.88 Å². The first-order chi connectivity index (χ1) is 12.9. The van der Waals surface area contributed by atoms with Gasteiger partial charge in [-0.3, -0.25) is 0 Å². The SMILES string of the molecule is C[C@@H]1Cc2cc(S(N)(=O)=O)ccc2N1CCOc1cccc2ccccc12. The lowest BCUT2D eigenvalue weighted by atomic mass is 10.1. The predicted molar refractivity (Wildman–Crippen MR) is 108 cm³/mol. The number of primary sulfonamides is 1. The molecule has 2 N–H and O–H groups in total. The van der Waals surface area contributed by atoms with Crippen molar-refractivity contribution in [1.82, 2.24) is 0 Å². The summed E-state index contributed by atoms with van der Waals surface area (Å²) in [5.74, 6) is 0.879. The van der Waals surface area contributed by atoms with Gasteiger partial charge in [0.05, 0.1) is 11.4 Å². The molecule has 0 aromatic heterocycles. The van der Waals surface area contributed by atoms with Crippen LogP contribution in [-0.2, 0) is 16.4 Å². The van der Waals surface area contributed by atoms with Gasteiger partial charge < -0.3 is 9.64 Å². The van der Waals surface area contributed by atoms with E-state index in [1.807, 2.05) is 30.3 Å². The van der Waals surface area contributed by atoms with E-state index in [1.165, 1.54) is 0 Å². The van der Waals surface area contributed by atoms with Gasteiger partial charge in [0.1, 0.15) is 12.4 Å². The number of rotatable bonds is 5. The molecule has 6 heteroatoms. The Balaban J connectivity index is 1.49. The Labute approximate surface area is 159 Å². The summed E-state index contributed by atoms with van der Waals surface area (Å²) < 4.78 is 29.2. The van der Waals surface area contributed by atoms with Crippen molar-refractivity contribution >= 4 is 26.5 Å². The fraction of sp³-hybridized carbons (Fsp3) is 0.238. The molecule has 4 rings (SSSR count). The van der Waals surface area contributed by atoms with E-state index in [0.717, 1.165) is 40.7 Å². The second kappa shape index (κ2) is 6.87. The number of sulfonamides is 1. The van der Waals surface area contributed by atoms with Gasteiger partial charge in [-0.15, -0.1) is 0 Å². The minimum absolute atomic E-state index is 0.169. The molecule has 0 saturated carbocycles. The van der Waals surface area contributed by atoms with Crippen LogP contribution < -0.4 is 14.8 Å². The van der Waals surface area contributed by atoms with Crippen LogP contribution in [0, 0.1) is 0 Å². The van der Waals surface area contributed by atoms with Gasteiger partial charge in [-0.05, 0) is 48.6 Å². The average molecular weight is 382 g/mol. The summed E-state index contributed by atoms with van der Waals surface area (Å²) in [6.45, 7) is 3.41. The maximum atomic E-state index is 11.6. The largest absolute Gasteiger partial charge is 0.491 e. The zero-order valence-electron chi connectivity index (χ0n) is 15.1. The fourth-order valence-electron chi connectivity index (χ4n) is 3.76. The third kappa shape index (κ3) is 3.50. The minimum atomic E-state index is -3.68. The van der Waals surface area contributed by atoms with E-state index >= 15 is 0 Å². The molecule has 0 bridgehead atoms. The number of ether oxygens (including phenoxy) is 1. The van der Waals surface area contributed by atoms with Gasteiger partial charge in [0.15, 0.2) is 0 Å². The van der Waals surface area contributed by atoms with Crippen molar-refractivity contribution in [2.45, 2.75) is 24.3 Å². The van der Waals surface area contributed by atoms with E-state index in [2.05, 4.69) is 30.0 Å². The summed E-state index contributed by atoms with van der Waals surface area (Å²) in [6.07, 6.45) is 0.799. The zero-order valence-corrected chi connectivity index (χ0v) is 15.9. The van der Waals surface area contributed by atoms with Crippen molar-refractivity contribution in [2.24, 2.45) is 5.14 Å². The molecule has 5 nitrogen and oxygen atoms in total. The Hall–Kier alpha value is -2.57. The number of nitrogens with two attached hydrogens (primary N) is 1. The monoisotopic (exact) mass is 382 g/mol. The van der Waals surface area contributed by atoms with Crippen LogP contribution in [-0.4, -0.2) is 27.6 Å². The molecular weight excluding hydrogens is 360 g/mol. The Morgan fingerprint density at radius 3 is 2.70 bits per heavy atom. The molecule has 0 aliphatic carbocycles. The molecule has 0 unspecified atom stereocenters. The van der Waals surface area contributed by atoms with Crippen molar-refractivity contribution in [3.05, 3.63) is 66.2 Å². The summed E-state index contributed by atoms with van der Waals surface area (Å²) in [6, 6.07) is 19.6. The van der Waals surface area contributed by atoms with Gasteiger partial charge in [0, 0.05) is 17.1 Å². The normalized spacial score (nSPS) is 16.5. The summed E-state index contributed by atoms with van der Waals surface area (Å²) in [7, 11) is -3.68. The molecule has 1 atom stereocenters. The van der Waals surface area contributed by atoms with Crippen molar-refractivity contribution in [2.75, 3.05) is 18.1 Å². The summed E-state index contributed by atoms with van der Waals surface area (Å²) >= 11 is 0. The zero-order chi connectivity index (χ0) is 19.0. The quantitative estimate of drug-likeness (QED) is 0.735. The van der Waals surface area contributed by atoms with Gasteiger partial charge in [-0.25, -0.2) is 13.6 Å². The minimum Gasteiger partial charge on any atom is -0.491 e. The molecule has 0 amide bonds. The molecular formula is C21H22N2O3S. The number of hydrogen-bond acceptors (Lipinski definition) is 4. The van der Waals surface area contributed by atoms with Crippen molar-refractivity contribution < 1.29 is 13.2 Å². The first-order valence-electron chi connectivity index (χ1n) is 8.96. The molecule has 3 aromatic rings. The van der Waals surface area contributed by atoms with Crippen LogP contribution in [0.15, 0.2) is 65.6 Å². The van der Waals surface area contributed by atoms with Crippen LogP contribution in [0.25, 0.3) is 10.8 Å². The molecule has 0 fully saturated rings. The van der Waals surface area contributed by atoms with E-state index in [0.29, 0.717) is 6.61 Å². The van der Waals surface area contributed by atoms with Crippen LogP contribution >= 0.6 is 0 Å². The van der Waals surface area contributed by atoms with Crippen molar-refractivity contribution in [3.8, 4) is 5.75 Å². The molecule has 1 aliphatic heterocycles. The van der Waals surface area contributed by atoms with Gasteiger partial charge in [0.2, 0.25) is 10.0 Å². The lowest BCUT2D eigenvalue weighted by Crippen LogP contribution is -2.33. The molecule has 0 radical (unpaired) electrons. The molecule has 27 heavy (non-hydrogen) atoms. The van der Waals surface area contributed by atoms with Crippen LogP contribution in [0.2, 0.25) is 0 Å². The van der Waals surface area contributed by atoms with Gasteiger partial charge in [0.25, 0.3) is 0 Å².